The smallest absolute Gasteiger partial charge is 0.335 e. The molecule has 0 unspecified atom stereocenters. The highest BCUT2D eigenvalue weighted by Gasteiger charge is 2.06. The molecule has 110 valence electrons. The molecule has 2 rings (SSSR count). The SMILES string of the molecule is Cc1ccc(OCc2ccc(C(=O)O)cc2)c(CCN)n1. The summed E-state index contributed by atoms with van der Waals surface area (Å²) in [7, 11) is 0. The number of hydrogen-bond donors (Lipinski definition) is 2. The molecule has 0 bridgehead atoms. The van der Waals surface area contributed by atoms with E-state index in [1.807, 2.05) is 19.1 Å². The first-order valence-electron chi connectivity index (χ1n) is 6.72. The molecule has 5 nitrogen and oxygen atoms in total. The monoisotopic (exact) mass is 286 g/mol. The zero-order valence-electron chi connectivity index (χ0n) is 11.9. The number of nitrogens with zero attached hydrogens (tertiary/aromatic N) is 1. The van der Waals surface area contributed by atoms with Crippen LogP contribution < -0.4 is 10.5 Å². The van der Waals surface area contributed by atoms with Crippen molar-refractivity contribution < 1.29 is 14.6 Å². The number of hydrogen-bond acceptors (Lipinski definition) is 4. The van der Waals surface area contributed by atoms with Gasteiger partial charge in [0, 0.05) is 12.1 Å². The molecule has 0 amide bonds. The Bertz CT molecular complexity index is 624. The molecule has 0 fully saturated rings. The highest BCUT2D eigenvalue weighted by atomic mass is 16.5. The number of carboxylic acids is 1. The minimum absolute atomic E-state index is 0.263. The number of aromatic nitrogens is 1. The number of carboxylic acid groups (broad SMARTS) is 1. The van der Waals surface area contributed by atoms with Crippen molar-refractivity contribution in [1.29, 1.82) is 0 Å². The average molecular weight is 286 g/mol. The summed E-state index contributed by atoms with van der Waals surface area (Å²) < 4.78 is 5.77. The number of pyridine rings is 1. The Morgan fingerprint density at radius 1 is 1.24 bits per heavy atom. The van der Waals surface area contributed by atoms with Gasteiger partial charge >= 0.3 is 5.97 Å². The normalized spacial score (nSPS) is 10.4. The molecule has 1 aromatic heterocycles. The van der Waals surface area contributed by atoms with Gasteiger partial charge in [0.05, 0.1) is 11.3 Å². The van der Waals surface area contributed by atoms with E-state index in [2.05, 4.69) is 4.98 Å². The van der Waals surface area contributed by atoms with Gasteiger partial charge in [0.15, 0.2) is 0 Å². The third-order valence-electron chi connectivity index (χ3n) is 3.05. The average Bonchev–Trinajstić information content (AvgIpc) is 2.47. The maximum absolute atomic E-state index is 10.8. The molecule has 0 saturated carbocycles. The Morgan fingerprint density at radius 3 is 2.57 bits per heavy atom. The van der Waals surface area contributed by atoms with Crippen molar-refractivity contribution in [2.75, 3.05) is 6.54 Å². The van der Waals surface area contributed by atoms with Gasteiger partial charge in [0.25, 0.3) is 0 Å². The number of carbonyl (C=O) groups is 1. The third kappa shape index (κ3) is 4.03. The molecule has 21 heavy (non-hydrogen) atoms. The fourth-order valence-corrected chi connectivity index (χ4v) is 1.95. The second-order valence-corrected chi connectivity index (χ2v) is 4.73. The predicted molar refractivity (Wildman–Crippen MR) is 79.5 cm³/mol. The first-order chi connectivity index (χ1) is 10.1. The number of nitrogens with two attached hydrogens (primary N) is 1. The lowest BCUT2D eigenvalue weighted by molar-refractivity contribution is 0.0697. The van der Waals surface area contributed by atoms with Crippen molar-refractivity contribution in [1.82, 2.24) is 4.98 Å². The van der Waals surface area contributed by atoms with Crippen molar-refractivity contribution >= 4 is 5.97 Å². The minimum Gasteiger partial charge on any atom is -0.487 e. The molecule has 0 aliphatic carbocycles. The van der Waals surface area contributed by atoms with E-state index in [-0.39, 0.29) is 5.56 Å². The summed E-state index contributed by atoms with van der Waals surface area (Å²) in [5.41, 5.74) is 8.52. The Kier molecular flexibility index (Phi) is 4.90. The second-order valence-electron chi connectivity index (χ2n) is 4.73. The largest absolute Gasteiger partial charge is 0.487 e. The van der Waals surface area contributed by atoms with Crippen molar-refractivity contribution in [2.45, 2.75) is 20.0 Å². The summed E-state index contributed by atoms with van der Waals surface area (Å²) >= 11 is 0. The molecule has 0 spiro atoms. The van der Waals surface area contributed by atoms with E-state index in [0.29, 0.717) is 25.3 Å². The molecule has 2 aromatic rings. The number of ether oxygens (including phenoxy) is 1. The van der Waals surface area contributed by atoms with E-state index in [0.717, 1.165) is 17.0 Å². The lowest BCUT2D eigenvalue weighted by Crippen LogP contribution is -2.08. The van der Waals surface area contributed by atoms with Crippen LogP contribution in [0.1, 0.15) is 27.3 Å². The quantitative estimate of drug-likeness (QED) is 0.850. The van der Waals surface area contributed by atoms with Crippen LogP contribution in [0.4, 0.5) is 0 Å². The summed E-state index contributed by atoms with van der Waals surface area (Å²) in [5.74, 6) is -0.219. The van der Waals surface area contributed by atoms with Crippen LogP contribution >= 0.6 is 0 Å². The Balaban J connectivity index is 2.07. The molecule has 0 aliphatic heterocycles. The molecule has 1 heterocycles. The van der Waals surface area contributed by atoms with Crippen LogP contribution in [0.3, 0.4) is 0 Å². The van der Waals surface area contributed by atoms with E-state index >= 15 is 0 Å². The lowest BCUT2D eigenvalue weighted by Gasteiger charge is -2.11. The molecule has 0 atom stereocenters. The van der Waals surface area contributed by atoms with Gasteiger partial charge in [0.2, 0.25) is 0 Å². The number of benzene rings is 1. The fourth-order valence-electron chi connectivity index (χ4n) is 1.95. The number of rotatable bonds is 6. The number of aromatic carboxylic acids is 1. The van der Waals surface area contributed by atoms with E-state index in [1.54, 1.807) is 24.3 Å². The highest BCUT2D eigenvalue weighted by Crippen LogP contribution is 2.19. The van der Waals surface area contributed by atoms with Crippen LogP contribution in [0.5, 0.6) is 5.75 Å². The molecule has 5 heteroatoms. The third-order valence-corrected chi connectivity index (χ3v) is 3.05. The van der Waals surface area contributed by atoms with Crippen LogP contribution in [-0.4, -0.2) is 22.6 Å². The van der Waals surface area contributed by atoms with Crippen LogP contribution in [-0.2, 0) is 13.0 Å². The zero-order chi connectivity index (χ0) is 15.2. The van der Waals surface area contributed by atoms with E-state index < -0.39 is 5.97 Å². The van der Waals surface area contributed by atoms with Gasteiger partial charge in [0.1, 0.15) is 12.4 Å². The summed E-state index contributed by atoms with van der Waals surface area (Å²) in [6.07, 6.45) is 0.662. The Hall–Kier alpha value is -2.40. The maximum Gasteiger partial charge on any atom is 0.335 e. The molecule has 0 saturated heterocycles. The first-order valence-corrected chi connectivity index (χ1v) is 6.72. The molecule has 0 radical (unpaired) electrons. The van der Waals surface area contributed by atoms with Crippen LogP contribution in [0.25, 0.3) is 0 Å². The maximum atomic E-state index is 10.8. The van der Waals surface area contributed by atoms with Gasteiger partial charge in [-0.2, -0.15) is 0 Å². The van der Waals surface area contributed by atoms with E-state index in [4.69, 9.17) is 15.6 Å². The van der Waals surface area contributed by atoms with E-state index in [1.165, 1.54) is 0 Å². The first kappa shape index (κ1) is 15.0. The summed E-state index contributed by atoms with van der Waals surface area (Å²) in [6.45, 7) is 2.80. The Labute approximate surface area is 123 Å². The second kappa shape index (κ2) is 6.85. The van der Waals surface area contributed by atoms with Gasteiger partial charge < -0.3 is 15.6 Å². The summed E-state index contributed by atoms with van der Waals surface area (Å²) in [4.78, 5) is 15.2. The van der Waals surface area contributed by atoms with Gasteiger partial charge in [-0.05, 0) is 43.3 Å². The van der Waals surface area contributed by atoms with Crippen LogP contribution in [0.2, 0.25) is 0 Å². The van der Waals surface area contributed by atoms with Gasteiger partial charge in [-0.15, -0.1) is 0 Å². The van der Waals surface area contributed by atoms with Crippen molar-refractivity contribution in [3.05, 3.63) is 58.9 Å². The van der Waals surface area contributed by atoms with Crippen molar-refractivity contribution in [2.24, 2.45) is 5.73 Å². The lowest BCUT2D eigenvalue weighted by atomic mass is 10.1. The predicted octanol–water partition coefficient (Wildman–Crippen LogP) is 2.17. The fraction of sp³-hybridized carbons (Fsp3) is 0.250. The van der Waals surface area contributed by atoms with Crippen LogP contribution in [0, 0.1) is 6.92 Å². The van der Waals surface area contributed by atoms with Crippen molar-refractivity contribution in [3.8, 4) is 5.75 Å². The van der Waals surface area contributed by atoms with Crippen molar-refractivity contribution in [3.63, 3.8) is 0 Å². The molecule has 3 N–H and O–H groups in total. The molecular weight excluding hydrogens is 268 g/mol. The highest BCUT2D eigenvalue weighted by molar-refractivity contribution is 5.87. The molecule has 0 aliphatic rings. The standard InChI is InChI=1S/C16H18N2O3/c1-11-2-7-15(14(18-11)8-9-17)21-10-12-3-5-13(6-4-12)16(19)20/h2-7H,8-10,17H2,1H3,(H,19,20). The molecular formula is C16H18N2O3. The number of aryl methyl sites for hydroxylation is 1. The summed E-state index contributed by atoms with van der Waals surface area (Å²) in [5, 5.41) is 8.85. The summed E-state index contributed by atoms with van der Waals surface area (Å²) in [6, 6.07) is 10.4. The minimum atomic E-state index is -0.935. The van der Waals surface area contributed by atoms with Crippen LogP contribution in [0.15, 0.2) is 36.4 Å². The van der Waals surface area contributed by atoms with E-state index in [9.17, 15) is 4.79 Å². The topological polar surface area (TPSA) is 85.4 Å². The van der Waals surface area contributed by atoms with Gasteiger partial charge in [-0.25, -0.2) is 4.79 Å². The molecule has 1 aromatic carbocycles. The van der Waals surface area contributed by atoms with Gasteiger partial charge in [-0.3, -0.25) is 4.98 Å². The zero-order valence-corrected chi connectivity index (χ0v) is 11.9. The Morgan fingerprint density at radius 2 is 1.95 bits per heavy atom. The van der Waals surface area contributed by atoms with Gasteiger partial charge in [-0.1, -0.05) is 12.1 Å².